The first-order chi connectivity index (χ1) is 9.66. The van der Waals surface area contributed by atoms with E-state index in [1.807, 2.05) is 35.0 Å². The second-order valence-corrected chi connectivity index (χ2v) is 5.71. The maximum Gasteiger partial charge on any atom is 0.105 e. The van der Waals surface area contributed by atoms with Crippen molar-refractivity contribution in [3.63, 3.8) is 0 Å². The van der Waals surface area contributed by atoms with Crippen molar-refractivity contribution in [2.24, 2.45) is 5.92 Å². The third kappa shape index (κ3) is 2.46. The number of aromatic nitrogens is 2. The van der Waals surface area contributed by atoms with Crippen LogP contribution < -0.4 is 0 Å². The summed E-state index contributed by atoms with van der Waals surface area (Å²) in [6.07, 6.45) is 4.47. The fraction of sp³-hybridized carbons (Fsp3) is 0.400. The van der Waals surface area contributed by atoms with E-state index in [9.17, 15) is 5.11 Å². The first kappa shape index (κ1) is 13.6. The number of benzene rings is 1. The van der Waals surface area contributed by atoms with Gasteiger partial charge in [0.15, 0.2) is 0 Å². The van der Waals surface area contributed by atoms with Gasteiger partial charge in [-0.05, 0) is 17.7 Å². The molecule has 1 aromatic heterocycles. The van der Waals surface area contributed by atoms with Crippen LogP contribution in [0, 0.1) is 5.92 Å². The maximum absolute atomic E-state index is 10.7. The Bertz CT molecular complexity index is 573. The zero-order valence-corrected chi connectivity index (χ0v) is 11.9. The average molecular weight is 293 g/mol. The summed E-state index contributed by atoms with van der Waals surface area (Å²) in [6, 6.07) is 7.30. The van der Waals surface area contributed by atoms with E-state index < -0.39 is 6.10 Å². The van der Waals surface area contributed by atoms with Crippen molar-refractivity contribution in [1.29, 1.82) is 0 Å². The van der Waals surface area contributed by atoms with Gasteiger partial charge in [-0.1, -0.05) is 30.7 Å². The summed E-state index contributed by atoms with van der Waals surface area (Å²) < 4.78 is 7.41. The van der Waals surface area contributed by atoms with Crippen LogP contribution in [0.2, 0.25) is 5.02 Å². The number of hydrogen-bond acceptors (Lipinski definition) is 3. The average Bonchev–Trinajstić information content (AvgIpc) is 2.91. The van der Waals surface area contributed by atoms with Crippen LogP contribution in [0.1, 0.15) is 18.5 Å². The molecule has 106 valence electrons. The molecule has 1 fully saturated rings. The standard InChI is InChI=1S/C15H17ClN2O2/c1-10-8-20-15(10)14(19)13(18-6-5-17-9-18)11-3-2-4-12(16)7-11/h2-7,9-10,13-15,19H,8H2,1H3. The molecule has 5 heteroatoms. The third-order valence-electron chi connectivity index (χ3n) is 3.81. The quantitative estimate of drug-likeness (QED) is 0.942. The van der Waals surface area contributed by atoms with Crippen LogP contribution in [0.5, 0.6) is 0 Å². The molecule has 2 heterocycles. The van der Waals surface area contributed by atoms with Gasteiger partial charge in [0.05, 0.1) is 25.1 Å². The monoisotopic (exact) mass is 292 g/mol. The van der Waals surface area contributed by atoms with Crippen molar-refractivity contribution in [3.05, 3.63) is 53.6 Å². The number of rotatable bonds is 4. The minimum absolute atomic E-state index is 0.151. The highest BCUT2D eigenvalue weighted by Gasteiger charge is 2.39. The first-order valence-corrected chi connectivity index (χ1v) is 7.07. The van der Waals surface area contributed by atoms with Crippen LogP contribution in [0.4, 0.5) is 0 Å². The Balaban J connectivity index is 1.96. The Kier molecular flexibility index (Phi) is 3.78. The van der Waals surface area contributed by atoms with Crippen LogP contribution in [0.15, 0.2) is 43.0 Å². The number of hydrogen-bond donors (Lipinski definition) is 1. The van der Waals surface area contributed by atoms with E-state index >= 15 is 0 Å². The Morgan fingerprint density at radius 1 is 1.50 bits per heavy atom. The molecule has 1 N–H and O–H groups in total. The van der Waals surface area contributed by atoms with Gasteiger partial charge in [0.1, 0.15) is 6.10 Å². The number of aliphatic hydroxyl groups is 1. The zero-order chi connectivity index (χ0) is 14.1. The fourth-order valence-electron chi connectivity index (χ4n) is 2.68. The van der Waals surface area contributed by atoms with Gasteiger partial charge in [0.25, 0.3) is 0 Å². The van der Waals surface area contributed by atoms with Gasteiger partial charge in [-0.15, -0.1) is 0 Å². The molecule has 4 nitrogen and oxygen atoms in total. The van der Waals surface area contributed by atoms with Crippen molar-refractivity contribution in [3.8, 4) is 0 Å². The van der Waals surface area contributed by atoms with E-state index in [2.05, 4.69) is 11.9 Å². The molecule has 20 heavy (non-hydrogen) atoms. The lowest BCUT2D eigenvalue weighted by Crippen LogP contribution is -2.49. The second-order valence-electron chi connectivity index (χ2n) is 5.28. The van der Waals surface area contributed by atoms with E-state index in [-0.39, 0.29) is 12.1 Å². The molecule has 2 aromatic rings. The van der Waals surface area contributed by atoms with Gasteiger partial charge in [0.2, 0.25) is 0 Å². The Labute approximate surface area is 123 Å². The van der Waals surface area contributed by atoms with Crippen LogP contribution in [-0.2, 0) is 4.74 Å². The summed E-state index contributed by atoms with van der Waals surface area (Å²) in [4.78, 5) is 4.07. The predicted molar refractivity (Wildman–Crippen MR) is 76.7 cm³/mol. The maximum atomic E-state index is 10.7. The van der Waals surface area contributed by atoms with Crippen molar-refractivity contribution in [1.82, 2.24) is 9.55 Å². The molecule has 0 spiro atoms. The Morgan fingerprint density at radius 2 is 2.35 bits per heavy atom. The molecule has 1 aliphatic heterocycles. The lowest BCUT2D eigenvalue weighted by atomic mass is 9.88. The normalized spacial score (nSPS) is 24.9. The van der Waals surface area contributed by atoms with Crippen LogP contribution in [0.3, 0.4) is 0 Å². The molecule has 4 atom stereocenters. The van der Waals surface area contributed by atoms with E-state index in [4.69, 9.17) is 16.3 Å². The summed E-state index contributed by atoms with van der Waals surface area (Å²) in [5, 5.41) is 11.4. The molecular weight excluding hydrogens is 276 g/mol. The van der Waals surface area contributed by atoms with Gasteiger partial charge < -0.3 is 14.4 Å². The number of aliphatic hydroxyl groups excluding tert-OH is 1. The molecular formula is C15H17ClN2O2. The number of ether oxygens (including phenoxy) is 1. The van der Waals surface area contributed by atoms with Gasteiger partial charge in [-0.3, -0.25) is 0 Å². The predicted octanol–water partition coefficient (Wildman–Crippen LogP) is 2.52. The van der Waals surface area contributed by atoms with E-state index in [0.29, 0.717) is 17.5 Å². The van der Waals surface area contributed by atoms with E-state index in [1.165, 1.54) is 0 Å². The minimum Gasteiger partial charge on any atom is -0.388 e. The summed E-state index contributed by atoms with van der Waals surface area (Å²) in [5.41, 5.74) is 0.950. The molecule has 0 saturated carbocycles. The lowest BCUT2D eigenvalue weighted by Gasteiger charge is -2.41. The summed E-state index contributed by atoms with van der Waals surface area (Å²) in [5.74, 6) is 0.357. The molecule has 1 saturated heterocycles. The third-order valence-corrected chi connectivity index (χ3v) is 4.04. The molecule has 1 aliphatic rings. The molecule has 0 bridgehead atoms. The highest BCUT2D eigenvalue weighted by Crippen LogP contribution is 2.33. The molecule has 1 aromatic carbocycles. The van der Waals surface area contributed by atoms with Gasteiger partial charge >= 0.3 is 0 Å². The van der Waals surface area contributed by atoms with Crippen molar-refractivity contribution < 1.29 is 9.84 Å². The zero-order valence-electron chi connectivity index (χ0n) is 11.2. The first-order valence-electron chi connectivity index (χ1n) is 6.69. The van der Waals surface area contributed by atoms with E-state index in [0.717, 1.165) is 5.56 Å². The van der Waals surface area contributed by atoms with Crippen molar-refractivity contribution in [2.75, 3.05) is 6.61 Å². The van der Waals surface area contributed by atoms with Gasteiger partial charge in [-0.2, -0.15) is 0 Å². The Morgan fingerprint density at radius 3 is 2.90 bits per heavy atom. The molecule has 0 aliphatic carbocycles. The highest BCUT2D eigenvalue weighted by atomic mass is 35.5. The summed E-state index contributed by atoms with van der Waals surface area (Å²) in [7, 11) is 0. The summed E-state index contributed by atoms with van der Waals surface area (Å²) >= 11 is 6.07. The SMILES string of the molecule is CC1COC1C(O)C(c1cccc(Cl)c1)n1ccnc1. The molecule has 3 rings (SSSR count). The number of nitrogens with zero attached hydrogens (tertiary/aromatic N) is 2. The number of imidazole rings is 1. The molecule has 0 amide bonds. The van der Waals surface area contributed by atoms with Crippen LogP contribution in [0.25, 0.3) is 0 Å². The second kappa shape index (κ2) is 5.56. The molecule has 4 unspecified atom stereocenters. The van der Waals surface area contributed by atoms with Crippen LogP contribution in [-0.4, -0.2) is 33.5 Å². The van der Waals surface area contributed by atoms with Crippen molar-refractivity contribution >= 4 is 11.6 Å². The van der Waals surface area contributed by atoms with E-state index in [1.54, 1.807) is 12.5 Å². The largest absolute Gasteiger partial charge is 0.388 e. The topological polar surface area (TPSA) is 47.3 Å². The van der Waals surface area contributed by atoms with Gasteiger partial charge in [0, 0.05) is 23.3 Å². The molecule has 0 radical (unpaired) electrons. The van der Waals surface area contributed by atoms with Crippen molar-refractivity contribution in [2.45, 2.75) is 25.2 Å². The van der Waals surface area contributed by atoms with Gasteiger partial charge in [-0.25, -0.2) is 4.98 Å². The lowest BCUT2D eigenvalue weighted by molar-refractivity contribution is -0.168. The fourth-order valence-corrected chi connectivity index (χ4v) is 2.88. The van der Waals surface area contributed by atoms with Crippen LogP contribution >= 0.6 is 11.6 Å². The summed E-state index contributed by atoms with van der Waals surface area (Å²) in [6.45, 7) is 2.79. The minimum atomic E-state index is -0.633. The Hall–Kier alpha value is -1.36. The highest BCUT2D eigenvalue weighted by molar-refractivity contribution is 6.30. The smallest absolute Gasteiger partial charge is 0.105 e. The number of halogens is 1.